The molecular formula is C39H41F3N2O7. The summed E-state index contributed by atoms with van der Waals surface area (Å²) >= 11 is 0. The van der Waals surface area contributed by atoms with Crippen molar-refractivity contribution in [3.63, 3.8) is 0 Å². The Morgan fingerprint density at radius 3 is 2.25 bits per heavy atom. The molecule has 270 valence electrons. The van der Waals surface area contributed by atoms with Crippen LogP contribution in [0.15, 0.2) is 103 Å². The van der Waals surface area contributed by atoms with Crippen LogP contribution in [0, 0.1) is 19.8 Å². The highest BCUT2D eigenvalue weighted by Gasteiger charge is 2.48. The molecule has 3 aromatic rings. The molecule has 3 atom stereocenters. The molecule has 0 aliphatic carbocycles. The summed E-state index contributed by atoms with van der Waals surface area (Å²) in [6, 6.07) is 19.7. The van der Waals surface area contributed by atoms with Crippen LogP contribution in [0.25, 0.3) is 0 Å². The molecule has 2 aliphatic rings. The summed E-state index contributed by atoms with van der Waals surface area (Å²) in [6.45, 7) is 8.88. The van der Waals surface area contributed by atoms with Crippen molar-refractivity contribution in [3.8, 4) is 11.5 Å². The average molecular weight is 707 g/mol. The number of carboxylic acids is 1. The summed E-state index contributed by atoms with van der Waals surface area (Å²) in [7, 11) is 0. The quantitative estimate of drug-likeness (QED) is 0.105. The maximum atomic E-state index is 14.0. The molecule has 0 bridgehead atoms. The smallest absolute Gasteiger partial charge is 0.492 e. The van der Waals surface area contributed by atoms with E-state index in [0.29, 0.717) is 22.6 Å². The minimum Gasteiger partial charge on any atom is -0.492 e. The van der Waals surface area contributed by atoms with Gasteiger partial charge in [0.2, 0.25) is 12.7 Å². The van der Waals surface area contributed by atoms with Crippen LogP contribution in [0.1, 0.15) is 46.7 Å². The van der Waals surface area contributed by atoms with E-state index in [4.69, 9.17) is 14.2 Å². The Kier molecular flexibility index (Phi) is 11.9. The number of alkyl halides is 3. The number of fused-ring (bicyclic) bond motifs is 1. The molecule has 0 spiro atoms. The van der Waals surface area contributed by atoms with E-state index in [9.17, 15) is 27.9 Å². The normalized spacial score (nSPS) is 19.1. The van der Waals surface area contributed by atoms with Gasteiger partial charge in [-0.1, -0.05) is 67.3 Å². The van der Waals surface area contributed by atoms with Gasteiger partial charge < -0.3 is 24.6 Å². The van der Waals surface area contributed by atoms with Crippen LogP contribution in [0.2, 0.25) is 0 Å². The lowest BCUT2D eigenvalue weighted by molar-refractivity contribution is -0.326. The standard InChI is InChI=1S/C39H41F3N2O7/c1-5-28(48-18-19-51-39(40,41)42)16-14-26(4)37-35(38(46)47)31(27-15-17-32-33(20-27)50-23-49-32)21-44(37)22-34(45)43-36(29-12-8-6-10-24(29)2)30-13-9-7-11-25(30)3/h5-17,20,31,35-37H,4,18-19,21-23H2,1-3H3,(H,43,45)(H,46,47)/b16-14-,28-5+/t31-,35-,37+/m1/s1. The predicted molar refractivity (Wildman–Crippen MR) is 184 cm³/mol. The van der Waals surface area contributed by atoms with Gasteiger partial charge in [0.05, 0.1) is 25.1 Å². The number of hydrogen-bond donors (Lipinski definition) is 2. The fourth-order valence-electron chi connectivity index (χ4n) is 6.69. The number of halogens is 3. The van der Waals surface area contributed by atoms with Crippen LogP contribution in [-0.2, 0) is 19.1 Å². The molecule has 9 nitrogen and oxygen atoms in total. The van der Waals surface area contributed by atoms with Gasteiger partial charge in [0.15, 0.2) is 11.5 Å². The lowest BCUT2D eigenvalue weighted by Crippen LogP contribution is -2.44. The molecule has 2 N–H and O–H groups in total. The van der Waals surface area contributed by atoms with Crippen molar-refractivity contribution in [2.24, 2.45) is 5.92 Å². The van der Waals surface area contributed by atoms with Crippen LogP contribution in [0.5, 0.6) is 11.5 Å². The number of carbonyl (C=O) groups excluding carboxylic acids is 1. The number of nitrogens with one attached hydrogen (secondary N) is 1. The largest absolute Gasteiger partial charge is 0.522 e. The molecule has 1 amide bonds. The van der Waals surface area contributed by atoms with E-state index in [0.717, 1.165) is 22.3 Å². The van der Waals surface area contributed by atoms with Gasteiger partial charge >= 0.3 is 12.3 Å². The third-order valence-corrected chi connectivity index (χ3v) is 9.10. The van der Waals surface area contributed by atoms with Gasteiger partial charge in [0, 0.05) is 18.5 Å². The molecule has 0 saturated carbocycles. The number of aryl methyl sites for hydroxylation is 2. The maximum Gasteiger partial charge on any atom is 0.522 e. The number of benzene rings is 3. The van der Waals surface area contributed by atoms with E-state index in [-0.39, 0.29) is 38.2 Å². The first-order valence-corrected chi connectivity index (χ1v) is 16.5. The Morgan fingerprint density at radius 2 is 1.65 bits per heavy atom. The number of nitrogens with zero attached hydrogens (tertiary/aromatic N) is 1. The Bertz CT molecular complexity index is 1760. The monoisotopic (exact) mass is 706 g/mol. The van der Waals surface area contributed by atoms with E-state index >= 15 is 0 Å². The molecule has 2 heterocycles. The van der Waals surface area contributed by atoms with Crippen molar-refractivity contribution in [3.05, 3.63) is 131 Å². The van der Waals surface area contributed by atoms with Gasteiger partial charge in [-0.15, -0.1) is 13.2 Å². The summed E-state index contributed by atoms with van der Waals surface area (Å²) in [5.41, 5.74) is 4.96. The van der Waals surface area contributed by atoms with E-state index < -0.39 is 42.9 Å². The average Bonchev–Trinajstić information content (AvgIpc) is 3.72. The first kappa shape index (κ1) is 37.2. The first-order chi connectivity index (χ1) is 24.4. The molecule has 3 aromatic carbocycles. The van der Waals surface area contributed by atoms with Gasteiger partial charge in [-0.05, 0) is 78.4 Å². The summed E-state index contributed by atoms with van der Waals surface area (Å²) < 4.78 is 57.5. The highest BCUT2D eigenvalue weighted by Crippen LogP contribution is 2.44. The number of aliphatic carboxylic acids is 1. The number of ether oxygens (including phenoxy) is 4. The van der Waals surface area contributed by atoms with Crippen molar-refractivity contribution in [2.75, 3.05) is 33.1 Å². The molecule has 1 fully saturated rings. The van der Waals surface area contributed by atoms with Crippen LogP contribution in [0.3, 0.4) is 0 Å². The van der Waals surface area contributed by atoms with Crippen LogP contribution < -0.4 is 14.8 Å². The van der Waals surface area contributed by atoms with E-state index in [1.54, 1.807) is 42.2 Å². The number of hydrogen-bond acceptors (Lipinski definition) is 7. The number of likely N-dealkylation sites (tertiary alicyclic amines) is 1. The second-order valence-electron chi connectivity index (χ2n) is 12.4. The van der Waals surface area contributed by atoms with Gasteiger partial charge in [-0.25, -0.2) is 0 Å². The Morgan fingerprint density at radius 1 is 1.00 bits per heavy atom. The Labute approximate surface area is 295 Å². The van der Waals surface area contributed by atoms with E-state index in [1.807, 2.05) is 62.4 Å². The molecule has 51 heavy (non-hydrogen) atoms. The molecule has 0 unspecified atom stereocenters. The molecule has 0 aromatic heterocycles. The van der Waals surface area contributed by atoms with Crippen molar-refractivity contribution >= 4 is 11.9 Å². The van der Waals surface area contributed by atoms with E-state index in [1.165, 1.54) is 6.08 Å². The summed E-state index contributed by atoms with van der Waals surface area (Å²) in [6.07, 6.45) is -0.148. The van der Waals surface area contributed by atoms with Crippen LogP contribution in [-0.4, -0.2) is 67.4 Å². The summed E-state index contributed by atoms with van der Waals surface area (Å²) in [4.78, 5) is 28.9. The minimum atomic E-state index is -4.78. The SMILES string of the molecule is C=C(/C=C\C(=C/C)OCCOC(F)(F)F)[C@H]1[C@H](C(=O)O)[C@@H](c2ccc3c(c2)OCO3)CN1CC(=O)NC(c1ccccc1C)c1ccccc1C. The van der Waals surface area contributed by atoms with Crippen LogP contribution in [0.4, 0.5) is 13.2 Å². The van der Waals surface area contributed by atoms with Gasteiger partial charge in [0.1, 0.15) is 12.4 Å². The topological polar surface area (TPSA) is 107 Å². The number of carboxylic acid groups (broad SMARTS) is 1. The third-order valence-electron chi connectivity index (χ3n) is 9.10. The number of rotatable bonds is 14. The molecular weight excluding hydrogens is 665 g/mol. The number of allylic oxidation sites excluding steroid dienone is 2. The van der Waals surface area contributed by atoms with Gasteiger partial charge in [0.25, 0.3) is 0 Å². The van der Waals surface area contributed by atoms with Crippen LogP contribution >= 0.6 is 0 Å². The van der Waals surface area contributed by atoms with Crippen molar-refractivity contribution < 1.29 is 46.8 Å². The summed E-state index contributed by atoms with van der Waals surface area (Å²) in [5, 5.41) is 13.9. The highest BCUT2D eigenvalue weighted by molar-refractivity contribution is 5.80. The van der Waals surface area contributed by atoms with Gasteiger partial charge in [-0.3, -0.25) is 19.2 Å². The maximum absolute atomic E-state index is 14.0. The third kappa shape index (κ3) is 9.19. The minimum absolute atomic E-state index is 0.0585. The molecule has 12 heteroatoms. The van der Waals surface area contributed by atoms with Crippen molar-refractivity contribution in [1.82, 2.24) is 10.2 Å². The summed E-state index contributed by atoms with van der Waals surface area (Å²) in [5.74, 6) is -1.67. The van der Waals surface area contributed by atoms with Crippen molar-refractivity contribution in [2.45, 2.75) is 45.1 Å². The van der Waals surface area contributed by atoms with Gasteiger partial charge in [-0.2, -0.15) is 0 Å². The van der Waals surface area contributed by atoms with E-state index in [2.05, 4.69) is 16.6 Å². The number of amides is 1. The highest BCUT2D eigenvalue weighted by atomic mass is 19.4. The number of carbonyl (C=O) groups is 2. The fraction of sp³-hybridized carbons (Fsp3) is 0.333. The molecule has 1 saturated heterocycles. The zero-order valence-electron chi connectivity index (χ0n) is 28.6. The fourth-order valence-corrected chi connectivity index (χ4v) is 6.69. The molecule has 0 radical (unpaired) electrons. The zero-order valence-corrected chi connectivity index (χ0v) is 28.6. The molecule has 2 aliphatic heterocycles. The lowest BCUT2D eigenvalue weighted by Gasteiger charge is -2.29. The lowest BCUT2D eigenvalue weighted by atomic mass is 9.82. The second kappa shape index (κ2) is 16.3. The zero-order chi connectivity index (χ0) is 36.7. The van der Waals surface area contributed by atoms with Crippen molar-refractivity contribution in [1.29, 1.82) is 0 Å². The Hall–Kier alpha value is -5.07. The first-order valence-electron chi connectivity index (χ1n) is 16.5. The second-order valence-corrected chi connectivity index (χ2v) is 12.4. The predicted octanol–water partition coefficient (Wildman–Crippen LogP) is 6.98. The Balaban J connectivity index is 1.43. The molecule has 5 rings (SSSR count).